The first-order chi connectivity index (χ1) is 7.84. The Bertz CT molecular complexity index is 387. The van der Waals surface area contributed by atoms with Crippen LogP contribution >= 0.6 is 11.6 Å². The first kappa shape index (κ1) is 10.3. The van der Waals surface area contributed by atoms with Gasteiger partial charge in [0, 0.05) is 12.6 Å². The molecule has 0 bridgehead atoms. The number of halogens is 1. The Labute approximate surface area is 99.6 Å². The van der Waals surface area contributed by atoms with Crippen molar-refractivity contribution in [3.8, 4) is 0 Å². The summed E-state index contributed by atoms with van der Waals surface area (Å²) in [7, 11) is 0. The summed E-state index contributed by atoms with van der Waals surface area (Å²) in [5.41, 5.74) is 0. The molecule has 4 nitrogen and oxygen atoms in total. The van der Waals surface area contributed by atoms with Gasteiger partial charge in [0.05, 0.1) is 18.8 Å². The standard InChI is InChI=1S/C11H14ClN3O/c12-10-6-11(14-7-13-10)15-4-5-16-9-3-1-2-8(9)15/h6-9H,1-5H2. The molecular weight excluding hydrogens is 226 g/mol. The number of rotatable bonds is 1. The highest BCUT2D eigenvalue weighted by Crippen LogP contribution is 2.32. The van der Waals surface area contributed by atoms with Crippen LogP contribution in [-0.4, -0.2) is 35.3 Å². The Morgan fingerprint density at radius 3 is 3.19 bits per heavy atom. The molecule has 86 valence electrons. The van der Waals surface area contributed by atoms with Crippen molar-refractivity contribution in [2.75, 3.05) is 18.1 Å². The minimum Gasteiger partial charge on any atom is -0.374 e. The second-order valence-corrected chi connectivity index (χ2v) is 4.69. The monoisotopic (exact) mass is 239 g/mol. The van der Waals surface area contributed by atoms with Crippen molar-refractivity contribution < 1.29 is 4.74 Å². The minimum absolute atomic E-state index is 0.377. The number of anilines is 1. The van der Waals surface area contributed by atoms with Gasteiger partial charge in [0.25, 0.3) is 0 Å². The fourth-order valence-corrected chi connectivity index (χ4v) is 2.83. The zero-order valence-corrected chi connectivity index (χ0v) is 9.73. The van der Waals surface area contributed by atoms with E-state index in [-0.39, 0.29) is 0 Å². The molecule has 16 heavy (non-hydrogen) atoms. The maximum Gasteiger partial charge on any atom is 0.134 e. The van der Waals surface area contributed by atoms with Crippen molar-refractivity contribution in [3.05, 3.63) is 17.5 Å². The van der Waals surface area contributed by atoms with Crippen molar-refractivity contribution in [2.45, 2.75) is 31.4 Å². The molecule has 0 N–H and O–H groups in total. The molecule has 1 saturated heterocycles. The van der Waals surface area contributed by atoms with E-state index in [9.17, 15) is 0 Å². The van der Waals surface area contributed by atoms with Gasteiger partial charge in [-0.2, -0.15) is 0 Å². The number of ether oxygens (including phenoxy) is 1. The van der Waals surface area contributed by atoms with Crippen LogP contribution in [0.15, 0.2) is 12.4 Å². The first-order valence-electron chi connectivity index (χ1n) is 5.70. The summed E-state index contributed by atoms with van der Waals surface area (Å²) in [5.74, 6) is 0.931. The maximum absolute atomic E-state index is 5.90. The summed E-state index contributed by atoms with van der Waals surface area (Å²) in [5, 5.41) is 0.506. The summed E-state index contributed by atoms with van der Waals surface area (Å²) in [6.07, 6.45) is 5.50. The summed E-state index contributed by atoms with van der Waals surface area (Å²) in [4.78, 5) is 10.5. The molecule has 2 atom stereocenters. The van der Waals surface area contributed by atoms with E-state index in [4.69, 9.17) is 16.3 Å². The summed E-state index contributed by atoms with van der Waals surface area (Å²) in [6.45, 7) is 1.68. The molecule has 1 saturated carbocycles. The smallest absolute Gasteiger partial charge is 0.134 e. The average Bonchev–Trinajstić information content (AvgIpc) is 2.76. The molecule has 0 amide bonds. The lowest BCUT2D eigenvalue weighted by Gasteiger charge is -2.38. The summed E-state index contributed by atoms with van der Waals surface area (Å²) < 4.78 is 5.77. The molecule has 0 radical (unpaired) electrons. The molecule has 1 aromatic heterocycles. The number of fused-ring (bicyclic) bond motifs is 1. The zero-order chi connectivity index (χ0) is 11.0. The van der Waals surface area contributed by atoms with Crippen LogP contribution in [0, 0.1) is 0 Å². The van der Waals surface area contributed by atoms with Crippen LogP contribution in [0.1, 0.15) is 19.3 Å². The van der Waals surface area contributed by atoms with E-state index >= 15 is 0 Å². The second-order valence-electron chi connectivity index (χ2n) is 4.30. The predicted molar refractivity (Wildman–Crippen MR) is 61.8 cm³/mol. The highest BCUT2D eigenvalue weighted by atomic mass is 35.5. The Balaban J connectivity index is 1.88. The molecule has 2 fully saturated rings. The first-order valence-corrected chi connectivity index (χ1v) is 6.08. The molecule has 5 heteroatoms. The van der Waals surface area contributed by atoms with Gasteiger partial charge in [-0.1, -0.05) is 11.6 Å². The van der Waals surface area contributed by atoms with Crippen molar-refractivity contribution >= 4 is 17.4 Å². The van der Waals surface area contributed by atoms with Crippen LogP contribution in [0.2, 0.25) is 5.15 Å². The molecule has 2 aliphatic rings. The molecular formula is C11H14ClN3O. The van der Waals surface area contributed by atoms with Gasteiger partial charge < -0.3 is 9.64 Å². The van der Waals surface area contributed by atoms with Crippen LogP contribution in [0.25, 0.3) is 0 Å². The van der Waals surface area contributed by atoms with E-state index in [1.54, 1.807) is 0 Å². The van der Waals surface area contributed by atoms with Crippen molar-refractivity contribution in [1.82, 2.24) is 9.97 Å². The third-order valence-electron chi connectivity index (χ3n) is 3.40. The Morgan fingerprint density at radius 2 is 2.31 bits per heavy atom. The molecule has 2 heterocycles. The van der Waals surface area contributed by atoms with Gasteiger partial charge >= 0.3 is 0 Å². The van der Waals surface area contributed by atoms with Gasteiger partial charge in [0.2, 0.25) is 0 Å². The number of hydrogen-bond donors (Lipinski definition) is 0. The average molecular weight is 240 g/mol. The van der Waals surface area contributed by atoms with E-state index in [0.717, 1.165) is 19.0 Å². The lowest BCUT2D eigenvalue weighted by Crippen LogP contribution is -2.49. The zero-order valence-electron chi connectivity index (χ0n) is 8.97. The maximum atomic E-state index is 5.90. The van der Waals surface area contributed by atoms with Crippen LogP contribution < -0.4 is 4.90 Å². The van der Waals surface area contributed by atoms with Crippen molar-refractivity contribution in [2.24, 2.45) is 0 Å². The van der Waals surface area contributed by atoms with Crippen LogP contribution in [0.4, 0.5) is 5.82 Å². The number of nitrogens with zero attached hydrogens (tertiary/aromatic N) is 3. The lowest BCUT2D eigenvalue weighted by molar-refractivity contribution is 0.0253. The molecule has 2 unspecified atom stereocenters. The third-order valence-corrected chi connectivity index (χ3v) is 3.60. The lowest BCUT2D eigenvalue weighted by atomic mass is 10.1. The van der Waals surface area contributed by atoms with Crippen LogP contribution in [0.5, 0.6) is 0 Å². The molecule has 1 aliphatic carbocycles. The largest absolute Gasteiger partial charge is 0.374 e. The number of morpholine rings is 1. The van der Waals surface area contributed by atoms with Crippen molar-refractivity contribution in [3.63, 3.8) is 0 Å². The fraction of sp³-hybridized carbons (Fsp3) is 0.636. The van der Waals surface area contributed by atoms with Gasteiger partial charge in [-0.15, -0.1) is 0 Å². The Hall–Kier alpha value is -0.870. The third kappa shape index (κ3) is 1.76. The second kappa shape index (κ2) is 4.18. The number of aromatic nitrogens is 2. The quantitative estimate of drug-likeness (QED) is 0.702. The SMILES string of the molecule is Clc1cc(N2CCOC3CCCC32)ncn1. The van der Waals surface area contributed by atoms with E-state index < -0.39 is 0 Å². The Kier molecular flexibility index (Phi) is 2.69. The number of hydrogen-bond acceptors (Lipinski definition) is 4. The van der Waals surface area contributed by atoms with Gasteiger partial charge in [0.15, 0.2) is 0 Å². The molecule has 1 aromatic rings. The molecule has 0 spiro atoms. The minimum atomic E-state index is 0.377. The van der Waals surface area contributed by atoms with Crippen molar-refractivity contribution in [1.29, 1.82) is 0 Å². The molecule has 3 rings (SSSR count). The van der Waals surface area contributed by atoms with Gasteiger partial charge in [-0.25, -0.2) is 9.97 Å². The van der Waals surface area contributed by atoms with Crippen LogP contribution in [-0.2, 0) is 4.74 Å². The summed E-state index contributed by atoms with van der Waals surface area (Å²) >= 11 is 5.90. The van der Waals surface area contributed by atoms with E-state index in [1.807, 2.05) is 6.07 Å². The normalized spacial score (nSPS) is 29.2. The predicted octanol–water partition coefficient (Wildman–Crippen LogP) is 1.89. The fourth-order valence-electron chi connectivity index (χ4n) is 2.69. The van der Waals surface area contributed by atoms with E-state index in [2.05, 4.69) is 14.9 Å². The highest BCUT2D eigenvalue weighted by molar-refractivity contribution is 6.29. The molecule has 1 aliphatic heterocycles. The van der Waals surface area contributed by atoms with Crippen LogP contribution in [0.3, 0.4) is 0 Å². The van der Waals surface area contributed by atoms with Gasteiger partial charge in [-0.3, -0.25) is 0 Å². The Morgan fingerprint density at radius 1 is 1.38 bits per heavy atom. The van der Waals surface area contributed by atoms with Gasteiger partial charge in [0.1, 0.15) is 17.3 Å². The highest BCUT2D eigenvalue weighted by Gasteiger charge is 2.36. The summed E-state index contributed by atoms with van der Waals surface area (Å²) in [6, 6.07) is 2.31. The van der Waals surface area contributed by atoms with Gasteiger partial charge in [-0.05, 0) is 19.3 Å². The van der Waals surface area contributed by atoms with E-state index in [1.165, 1.54) is 25.6 Å². The molecule has 0 aromatic carbocycles. The van der Waals surface area contributed by atoms with E-state index in [0.29, 0.717) is 17.3 Å². The topological polar surface area (TPSA) is 38.2 Å².